The van der Waals surface area contributed by atoms with E-state index < -0.39 is 0 Å². The van der Waals surface area contributed by atoms with Crippen molar-refractivity contribution in [3.05, 3.63) is 28.8 Å². The van der Waals surface area contributed by atoms with E-state index in [-0.39, 0.29) is 6.04 Å². The molecule has 0 fully saturated rings. The Morgan fingerprint density at radius 1 is 1.41 bits per heavy atom. The fourth-order valence-electron chi connectivity index (χ4n) is 2.03. The molecule has 96 valence electrons. The quantitative estimate of drug-likeness (QED) is 0.842. The van der Waals surface area contributed by atoms with Crippen molar-refractivity contribution in [2.24, 2.45) is 11.7 Å². The average Bonchev–Trinajstić information content (AvgIpc) is 2.29. The molecule has 0 saturated heterocycles. The van der Waals surface area contributed by atoms with Crippen LogP contribution in [-0.2, 0) is 6.42 Å². The molecule has 0 amide bonds. The van der Waals surface area contributed by atoms with E-state index in [4.69, 9.17) is 22.1 Å². The van der Waals surface area contributed by atoms with Gasteiger partial charge in [0.25, 0.3) is 0 Å². The van der Waals surface area contributed by atoms with Gasteiger partial charge in [0.15, 0.2) is 0 Å². The van der Waals surface area contributed by atoms with Crippen LogP contribution in [0.1, 0.15) is 32.3 Å². The Kier molecular flexibility index (Phi) is 5.79. The summed E-state index contributed by atoms with van der Waals surface area (Å²) in [4.78, 5) is 0. The summed E-state index contributed by atoms with van der Waals surface area (Å²) in [5.74, 6) is 1.39. The van der Waals surface area contributed by atoms with E-state index in [2.05, 4.69) is 13.8 Å². The Labute approximate surface area is 109 Å². The van der Waals surface area contributed by atoms with Crippen molar-refractivity contribution < 1.29 is 4.74 Å². The van der Waals surface area contributed by atoms with Crippen molar-refractivity contribution in [1.82, 2.24) is 0 Å². The summed E-state index contributed by atoms with van der Waals surface area (Å²) in [5, 5.41) is 0.733. The molecular formula is C14H22ClNO. The molecule has 2 nitrogen and oxygen atoms in total. The van der Waals surface area contributed by atoms with Gasteiger partial charge >= 0.3 is 0 Å². The van der Waals surface area contributed by atoms with E-state index in [0.717, 1.165) is 29.2 Å². The van der Waals surface area contributed by atoms with Crippen LogP contribution in [0, 0.1) is 5.92 Å². The molecule has 0 saturated carbocycles. The topological polar surface area (TPSA) is 35.2 Å². The predicted octanol–water partition coefficient (Wildman–Crippen LogP) is 3.65. The number of nitrogens with two attached hydrogens (primary N) is 1. The lowest BCUT2D eigenvalue weighted by Crippen LogP contribution is -2.30. The van der Waals surface area contributed by atoms with Gasteiger partial charge in [-0.3, -0.25) is 0 Å². The third-order valence-corrected chi connectivity index (χ3v) is 3.41. The highest BCUT2D eigenvalue weighted by atomic mass is 35.5. The van der Waals surface area contributed by atoms with Crippen molar-refractivity contribution in [3.8, 4) is 5.75 Å². The largest absolute Gasteiger partial charge is 0.496 e. The normalized spacial score (nSPS) is 14.4. The summed E-state index contributed by atoms with van der Waals surface area (Å²) in [5.41, 5.74) is 7.30. The van der Waals surface area contributed by atoms with Gasteiger partial charge in [-0.25, -0.2) is 0 Å². The van der Waals surface area contributed by atoms with Crippen LogP contribution in [-0.4, -0.2) is 13.2 Å². The maximum Gasteiger partial charge on any atom is 0.122 e. The van der Waals surface area contributed by atoms with Crippen molar-refractivity contribution in [2.45, 2.75) is 39.2 Å². The molecule has 1 aromatic rings. The minimum atomic E-state index is 0.155. The van der Waals surface area contributed by atoms with E-state index in [0.29, 0.717) is 5.92 Å². The molecule has 2 N–H and O–H groups in total. The fraction of sp³-hybridized carbons (Fsp3) is 0.571. The Bertz CT molecular complexity index is 354. The molecule has 0 bridgehead atoms. The smallest absolute Gasteiger partial charge is 0.122 e. The number of rotatable bonds is 6. The second kappa shape index (κ2) is 6.87. The summed E-state index contributed by atoms with van der Waals surface area (Å²) in [6.07, 6.45) is 3.14. The number of halogens is 1. The minimum Gasteiger partial charge on any atom is -0.496 e. The van der Waals surface area contributed by atoms with Crippen molar-refractivity contribution in [1.29, 1.82) is 0 Å². The standard InChI is InChI=1S/C14H22ClNO/c1-4-5-10(2)13(16)9-11-8-12(15)6-7-14(11)17-3/h6-8,10,13H,4-5,9,16H2,1-3H3. The van der Waals surface area contributed by atoms with E-state index in [1.165, 1.54) is 6.42 Å². The lowest BCUT2D eigenvalue weighted by atomic mass is 9.92. The fourth-order valence-corrected chi connectivity index (χ4v) is 2.23. The van der Waals surface area contributed by atoms with E-state index in [1.807, 2.05) is 18.2 Å². The van der Waals surface area contributed by atoms with Crippen LogP contribution in [0.5, 0.6) is 5.75 Å². The number of hydrogen-bond acceptors (Lipinski definition) is 2. The zero-order chi connectivity index (χ0) is 12.8. The Balaban J connectivity index is 2.76. The molecule has 0 aromatic heterocycles. The molecule has 1 aromatic carbocycles. The maximum absolute atomic E-state index is 6.21. The number of ether oxygens (including phenoxy) is 1. The van der Waals surface area contributed by atoms with E-state index in [9.17, 15) is 0 Å². The SMILES string of the molecule is CCCC(C)C(N)Cc1cc(Cl)ccc1OC. The van der Waals surface area contributed by atoms with Crippen LogP contribution >= 0.6 is 11.6 Å². The third kappa shape index (κ3) is 4.21. The van der Waals surface area contributed by atoms with Crippen LogP contribution in [0.2, 0.25) is 5.02 Å². The molecule has 0 aliphatic rings. The lowest BCUT2D eigenvalue weighted by Gasteiger charge is -2.20. The molecule has 3 heteroatoms. The number of benzene rings is 1. The zero-order valence-electron chi connectivity index (χ0n) is 10.9. The van der Waals surface area contributed by atoms with Crippen molar-refractivity contribution in [3.63, 3.8) is 0 Å². The lowest BCUT2D eigenvalue weighted by molar-refractivity contribution is 0.392. The minimum absolute atomic E-state index is 0.155. The number of methoxy groups -OCH3 is 1. The summed E-state index contributed by atoms with van der Waals surface area (Å²) >= 11 is 6.00. The van der Waals surface area contributed by atoms with E-state index in [1.54, 1.807) is 7.11 Å². The van der Waals surface area contributed by atoms with Crippen molar-refractivity contribution in [2.75, 3.05) is 7.11 Å². The monoisotopic (exact) mass is 255 g/mol. The maximum atomic E-state index is 6.21. The van der Waals surface area contributed by atoms with Crippen LogP contribution in [0.25, 0.3) is 0 Å². The highest BCUT2D eigenvalue weighted by Gasteiger charge is 2.15. The van der Waals surface area contributed by atoms with Gasteiger partial charge in [-0.1, -0.05) is 31.9 Å². The molecule has 0 heterocycles. The van der Waals surface area contributed by atoms with Crippen LogP contribution in [0.3, 0.4) is 0 Å². The first kappa shape index (κ1) is 14.3. The Morgan fingerprint density at radius 2 is 2.12 bits per heavy atom. The molecule has 0 radical (unpaired) electrons. The molecule has 17 heavy (non-hydrogen) atoms. The summed E-state index contributed by atoms with van der Waals surface area (Å²) in [6, 6.07) is 5.83. The van der Waals surface area contributed by atoms with Gasteiger partial charge in [0.2, 0.25) is 0 Å². The van der Waals surface area contributed by atoms with Crippen LogP contribution < -0.4 is 10.5 Å². The molecule has 2 unspecified atom stereocenters. The van der Waals surface area contributed by atoms with Gasteiger partial charge in [0.1, 0.15) is 5.75 Å². The Hall–Kier alpha value is -0.730. The summed E-state index contributed by atoms with van der Waals surface area (Å²) in [6.45, 7) is 4.38. The second-order valence-electron chi connectivity index (χ2n) is 4.59. The highest BCUT2D eigenvalue weighted by molar-refractivity contribution is 6.30. The molecule has 2 atom stereocenters. The first-order chi connectivity index (χ1) is 8.08. The average molecular weight is 256 g/mol. The molecule has 1 rings (SSSR count). The van der Waals surface area contributed by atoms with Gasteiger partial charge in [-0.2, -0.15) is 0 Å². The van der Waals surface area contributed by atoms with E-state index >= 15 is 0 Å². The predicted molar refractivity (Wildman–Crippen MR) is 73.8 cm³/mol. The zero-order valence-corrected chi connectivity index (χ0v) is 11.6. The van der Waals surface area contributed by atoms with Gasteiger partial charge in [-0.15, -0.1) is 0 Å². The third-order valence-electron chi connectivity index (χ3n) is 3.17. The summed E-state index contributed by atoms with van der Waals surface area (Å²) < 4.78 is 5.33. The molecule has 0 spiro atoms. The Morgan fingerprint density at radius 3 is 2.71 bits per heavy atom. The van der Waals surface area contributed by atoms with Gasteiger partial charge in [0, 0.05) is 11.1 Å². The number of hydrogen-bond donors (Lipinski definition) is 1. The second-order valence-corrected chi connectivity index (χ2v) is 5.03. The van der Waals surface area contributed by atoms with Gasteiger partial charge in [0.05, 0.1) is 7.11 Å². The van der Waals surface area contributed by atoms with Gasteiger partial charge in [-0.05, 0) is 42.5 Å². The molecule has 0 aliphatic heterocycles. The molecular weight excluding hydrogens is 234 g/mol. The van der Waals surface area contributed by atoms with Crippen LogP contribution in [0.15, 0.2) is 18.2 Å². The van der Waals surface area contributed by atoms with Crippen LogP contribution in [0.4, 0.5) is 0 Å². The first-order valence-corrected chi connectivity index (χ1v) is 6.54. The molecule has 0 aliphatic carbocycles. The summed E-state index contributed by atoms with van der Waals surface area (Å²) in [7, 11) is 1.67. The van der Waals surface area contributed by atoms with Gasteiger partial charge < -0.3 is 10.5 Å². The van der Waals surface area contributed by atoms with Crippen molar-refractivity contribution >= 4 is 11.6 Å². The highest BCUT2D eigenvalue weighted by Crippen LogP contribution is 2.25. The first-order valence-electron chi connectivity index (χ1n) is 6.16.